The molecule has 0 aromatic carbocycles. The van der Waals surface area contributed by atoms with Gasteiger partial charge in [0.1, 0.15) is 12.2 Å². The average Bonchev–Trinajstić information content (AvgIpc) is 2.88. The lowest BCUT2D eigenvalue weighted by molar-refractivity contribution is -0.173. The van der Waals surface area contributed by atoms with E-state index in [0.29, 0.717) is 18.3 Å². The maximum Gasteiger partial charge on any atom is 0.303 e. The number of allylic oxidation sites excluding steroid dienone is 1. The number of aliphatic hydroxyl groups excluding tert-OH is 1. The Balaban J connectivity index is 1.70. The molecule has 29 heavy (non-hydrogen) atoms. The van der Waals surface area contributed by atoms with Gasteiger partial charge < -0.3 is 14.6 Å². The van der Waals surface area contributed by atoms with Crippen molar-refractivity contribution in [3.05, 3.63) is 11.6 Å². The Kier molecular flexibility index (Phi) is 5.12. The summed E-state index contributed by atoms with van der Waals surface area (Å²) in [5, 5.41) is 11.2. The molecule has 0 spiro atoms. The van der Waals surface area contributed by atoms with Gasteiger partial charge in [0.25, 0.3) is 0 Å². The largest absolute Gasteiger partial charge is 0.459 e. The first-order chi connectivity index (χ1) is 13.6. The van der Waals surface area contributed by atoms with Crippen molar-refractivity contribution in [3.8, 4) is 0 Å². The first-order valence-corrected chi connectivity index (χ1v) is 11.3. The van der Waals surface area contributed by atoms with Crippen LogP contribution in [0.15, 0.2) is 11.6 Å². The average molecular weight is 405 g/mol. The van der Waals surface area contributed by atoms with E-state index in [1.165, 1.54) is 32.3 Å². The van der Waals surface area contributed by atoms with Crippen LogP contribution in [0.25, 0.3) is 0 Å². The van der Waals surface area contributed by atoms with Crippen LogP contribution >= 0.6 is 0 Å². The highest BCUT2D eigenvalue weighted by Gasteiger charge is 2.64. The lowest BCUT2D eigenvalue weighted by Crippen LogP contribution is -2.55. The number of hydrogen-bond acceptors (Lipinski definition) is 5. The molecule has 4 aliphatic rings. The second kappa shape index (κ2) is 7.11. The number of aliphatic hydroxyl groups is 1. The molecule has 4 rings (SSSR count). The van der Waals surface area contributed by atoms with Crippen LogP contribution in [0.5, 0.6) is 0 Å². The lowest BCUT2D eigenvalue weighted by Gasteiger charge is -2.58. The highest BCUT2D eigenvalue weighted by Crippen LogP contribution is 2.65. The number of carbonyl (C=O) groups excluding carboxylic acids is 2. The summed E-state index contributed by atoms with van der Waals surface area (Å²) < 4.78 is 11.4. The number of carbonyl (C=O) groups is 2. The van der Waals surface area contributed by atoms with Crippen LogP contribution < -0.4 is 0 Å². The standard InChI is InChI=1S/C24H36O5/c1-13-6-8-23(4)16(10-13)11-19(27)21-17(23)7-9-24(5)18(21)12-20(28-14(2)25)22(24)29-15(3)26/h11,13,17-22,27H,6-10,12H2,1-5H3/t13-,17?,18?,19-,20-,21?,22+,23+,24+/m1/s1. The molecule has 162 valence electrons. The summed E-state index contributed by atoms with van der Waals surface area (Å²) >= 11 is 0. The molecule has 4 aliphatic carbocycles. The summed E-state index contributed by atoms with van der Waals surface area (Å²) in [6.45, 7) is 9.71. The third-order valence-corrected chi connectivity index (χ3v) is 8.90. The normalized spacial score (nSPS) is 48.6. The van der Waals surface area contributed by atoms with Crippen molar-refractivity contribution in [3.63, 3.8) is 0 Å². The highest BCUT2D eigenvalue weighted by molar-refractivity contribution is 5.67. The van der Waals surface area contributed by atoms with Crippen LogP contribution in [-0.4, -0.2) is 35.4 Å². The zero-order valence-electron chi connectivity index (χ0n) is 18.4. The third-order valence-electron chi connectivity index (χ3n) is 8.90. The zero-order valence-corrected chi connectivity index (χ0v) is 18.4. The van der Waals surface area contributed by atoms with Crippen LogP contribution in [0.1, 0.15) is 73.1 Å². The Morgan fingerprint density at radius 2 is 1.76 bits per heavy atom. The smallest absolute Gasteiger partial charge is 0.303 e. The van der Waals surface area contributed by atoms with E-state index in [1.54, 1.807) is 0 Å². The monoisotopic (exact) mass is 404 g/mol. The van der Waals surface area contributed by atoms with Crippen molar-refractivity contribution >= 4 is 11.9 Å². The summed E-state index contributed by atoms with van der Waals surface area (Å²) in [5.41, 5.74) is 1.31. The van der Waals surface area contributed by atoms with Crippen molar-refractivity contribution in [2.75, 3.05) is 0 Å². The fourth-order valence-corrected chi connectivity index (χ4v) is 7.49. The van der Waals surface area contributed by atoms with E-state index >= 15 is 0 Å². The predicted octanol–water partition coefficient (Wildman–Crippen LogP) is 4.03. The molecule has 5 nitrogen and oxygen atoms in total. The third kappa shape index (κ3) is 3.24. The zero-order chi connectivity index (χ0) is 21.1. The van der Waals surface area contributed by atoms with E-state index in [0.717, 1.165) is 19.3 Å². The quantitative estimate of drug-likeness (QED) is 0.556. The van der Waals surface area contributed by atoms with Gasteiger partial charge in [0.15, 0.2) is 0 Å². The van der Waals surface area contributed by atoms with E-state index < -0.39 is 18.3 Å². The van der Waals surface area contributed by atoms with Gasteiger partial charge in [0.05, 0.1) is 6.10 Å². The Morgan fingerprint density at radius 3 is 2.41 bits per heavy atom. The number of hydrogen-bond donors (Lipinski definition) is 1. The number of esters is 2. The molecule has 0 bridgehead atoms. The van der Waals surface area contributed by atoms with E-state index in [-0.39, 0.29) is 34.6 Å². The molecule has 1 N–H and O–H groups in total. The maximum absolute atomic E-state index is 11.8. The van der Waals surface area contributed by atoms with Gasteiger partial charge in [0, 0.05) is 19.3 Å². The van der Waals surface area contributed by atoms with E-state index in [9.17, 15) is 14.7 Å². The van der Waals surface area contributed by atoms with Crippen LogP contribution in [0, 0.1) is 34.5 Å². The van der Waals surface area contributed by atoms with Gasteiger partial charge in [0.2, 0.25) is 0 Å². The van der Waals surface area contributed by atoms with Crippen LogP contribution in [0.3, 0.4) is 0 Å². The molecule has 3 saturated carbocycles. The number of rotatable bonds is 2. The van der Waals surface area contributed by atoms with Gasteiger partial charge in [-0.1, -0.05) is 32.4 Å². The van der Waals surface area contributed by atoms with Crippen LogP contribution in [0.2, 0.25) is 0 Å². The molecular formula is C24H36O5. The molecular weight excluding hydrogens is 368 g/mol. The summed E-state index contributed by atoms with van der Waals surface area (Å²) in [6, 6.07) is 0. The Bertz CT molecular complexity index is 729. The van der Waals surface area contributed by atoms with Gasteiger partial charge in [-0.2, -0.15) is 0 Å². The van der Waals surface area contributed by atoms with E-state index in [4.69, 9.17) is 9.47 Å². The highest BCUT2D eigenvalue weighted by atomic mass is 16.6. The van der Waals surface area contributed by atoms with Gasteiger partial charge >= 0.3 is 11.9 Å². The van der Waals surface area contributed by atoms with E-state index in [2.05, 4.69) is 26.8 Å². The minimum absolute atomic E-state index is 0.120. The second-order valence-corrected chi connectivity index (χ2v) is 10.7. The molecule has 0 saturated heterocycles. The summed E-state index contributed by atoms with van der Waals surface area (Å²) in [6.07, 6.45) is 6.90. The van der Waals surface area contributed by atoms with Gasteiger partial charge in [-0.15, -0.1) is 0 Å². The van der Waals surface area contributed by atoms with E-state index in [1.807, 2.05) is 0 Å². The van der Waals surface area contributed by atoms with Crippen LogP contribution in [0.4, 0.5) is 0 Å². The fourth-order valence-electron chi connectivity index (χ4n) is 7.49. The second-order valence-electron chi connectivity index (χ2n) is 10.7. The van der Waals surface area contributed by atoms with Crippen molar-refractivity contribution in [2.45, 2.75) is 91.5 Å². The first kappa shape index (κ1) is 20.9. The fraction of sp³-hybridized carbons (Fsp3) is 0.833. The minimum Gasteiger partial charge on any atom is -0.459 e. The predicted molar refractivity (Wildman–Crippen MR) is 109 cm³/mol. The summed E-state index contributed by atoms with van der Waals surface area (Å²) in [7, 11) is 0. The van der Waals surface area contributed by atoms with Crippen molar-refractivity contribution in [1.82, 2.24) is 0 Å². The van der Waals surface area contributed by atoms with Crippen LogP contribution in [-0.2, 0) is 19.1 Å². The molecule has 0 radical (unpaired) electrons. The van der Waals surface area contributed by atoms with Gasteiger partial charge in [-0.05, 0) is 67.6 Å². The number of fused-ring (bicyclic) bond motifs is 5. The van der Waals surface area contributed by atoms with Crippen molar-refractivity contribution < 1.29 is 24.2 Å². The summed E-state index contributed by atoms with van der Waals surface area (Å²) in [5.74, 6) is 0.715. The van der Waals surface area contributed by atoms with Gasteiger partial charge in [-0.25, -0.2) is 0 Å². The Morgan fingerprint density at radius 1 is 1.07 bits per heavy atom. The molecule has 0 aliphatic heterocycles. The topological polar surface area (TPSA) is 72.8 Å². The Hall–Kier alpha value is -1.36. The van der Waals surface area contributed by atoms with Crippen molar-refractivity contribution in [2.24, 2.45) is 34.5 Å². The molecule has 0 aromatic heterocycles. The molecule has 0 aromatic rings. The molecule has 5 heteroatoms. The number of ether oxygens (including phenoxy) is 2. The lowest BCUT2D eigenvalue weighted by atomic mass is 9.47. The summed E-state index contributed by atoms with van der Waals surface area (Å²) in [4.78, 5) is 23.6. The molecule has 3 fully saturated rings. The molecule has 3 unspecified atom stereocenters. The molecule has 0 heterocycles. The van der Waals surface area contributed by atoms with Crippen molar-refractivity contribution in [1.29, 1.82) is 0 Å². The van der Waals surface area contributed by atoms with Gasteiger partial charge in [-0.3, -0.25) is 9.59 Å². The maximum atomic E-state index is 11.8. The first-order valence-electron chi connectivity index (χ1n) is 11.3. The minimum atomic E-state index is -0.480. The molecule has 0 amide bonds. The SMILES string of the molecule is CC(=O)O[C@@H]1CC2C3C(CC[C@]2(C)[C@H]1OC(C)=O)[C@@]1(C)CC[C@@H](C)CC1=C[C@H]3O. The Labute approximate surface area is 174 Å². The molecule has 9 atom stereocenters.